The second kappa shape index (κ2) is 2.69. The summed E-state index contributed by atoms with van der Waals surface area (Å²) < 4.78 is -0.520. The number of quaternary nitrogens is 1. The summed E-state index contributed by atoms with van der Waals surface area (Å²) in [6.45, 7) is 5.96. The van der Waals surface area contributed by atoms with E-state index in [1.807, 2.05) is 13.8 Å². The van der Waals surface area contributed by atoms with Crippen molar-refractivity contribution in [3.05, 3.63) is 5.21 Å². The van der Waals surface area contributed by atoms with Crippen LogP contribution in [0.15, 0.2) is 0 Å². The summed E-state index contributed by atoms with van der Waals surface area (Å²) in [6, 6.07) is 0. The minimum Gasteiger partial charge on any atom is -0.631 e. The number of hydrogen-bond acceptors (Lipinski definition) is 2. The fourth-order valence-corrected chi connectivity index (χ4v) is 1.82. The molecule has 0 aromatic heterocycles. The summed E-state index contributed by atoms with van der Waals surface area (Å²) in [7, 11) is 1.57. The Labute approximate surface area is 74.2 Å². The summed E-state index contributed by atoms with van der Waals surface area (Å²) in [4.78, 5) is 0. The zero-order valence-corrected chi connectivity index (χ0v) is 8.37. The minimum absolute atomic E-state index is 0.363. The largest absolute Gasteiger partial charge is 0.631 e. The Morgan fingerprint density at radius 3 is 2.33 bits per heavy atom. The summed E-state index contributed by atoms with van der Waals surface area (Å²) in [5.41, 5.74) is -0.363. The third-order valence-electron chi connectivity index (χ3n) is 3.78. The second-order valence-corrected chi connectivity index (χ2v) is 4.60. The molecule has 1 aliphatic heterocycles. The van der Waals surface area contributed by atoms with Gasteiger partial charge in [0.1, 0.15) is 0 Å². The molecule has 3 atom stereocenters. The minimum atomic E-state index is -0.740. The Kier molecular flexibility index (Phi) is 2.23. The number of hydroxylamine groups is 3. The van der Waals surface area contributed by atoms with E-state index in [1.54, 1.807) is 7.05 Å². The smallest absolute Gasteiger partial charge is 0.190 e. The Bertz CT molecular complexity index is 157. The molecule has 0 bridgehead atoms. The highest BCUT2D eigenvalue weighted by atomic mass is 16.6. The fraction of sp³-hybridized carbons (Fsp3) is 1.00. The average Bonchev–Trinajstić information content (AvgIpc) is 1.96. The zero-order valence-electron chi connectivity index (χ0n) is 8.37. The van der Waals surface area contributed by atoms with Crippen LogP contribution in [0.1, 0.15) is 33.6 Å². The number of aliphatic hydroxyl groups is 1. The Morgan fingerprint density at radius 1 is 1.42 bits per heavy atom. The lowest BCUT2D eigenvalue weighted by molar-refractivity contribution is -0.964. The van der Waals surface area contributed by atoms with Gasteiger partial charge in [-0.25, -0.2) is 0 Å². The highest BCUT2D eigenvalue weighted by Gasteiger charge is 2.46. The monoisotopic (exact) mass is 173 g/mol. The quantitative estimate of drug-likeness (QED) is 0.445. The molecule has 1 fully saturated rings. The molecule has 3 unspecified atom stereocenters. The number of nitrogens with zero attached hydrogens (tertiary/aromatic N) is 1. The van der Waals surface area contributed by atoms with Gasteiger partial charge in [-0.2, -0.15) is 0 Å². The maximum absolute atomic E-state index is 12.0. The van der Waals surface area contributed by atoms with Gasteiger partial charge in [-0.3, -0.25) is 0 Å². The summed E-state index contributed by atoms with van der Waals surface area (Å²) >= 11 is 0. The van der Waals surface area contributed by atoms with Crippen LogP contribution < -0.4 is 0 Å². The summed E-state index contributed by atoms with van der Waals surface area (Å²) in [5.74, 6) is 0.378. The van der Waals surface area contributed by atoms with E-state index in [4.69, 9.17) is 0 Å². The van der Waals surface area contributed by atoms with Crippen molar-refractivity contribution < 1.29 is 9.75 Å². The molecule has 0 aromatic carbocycles. The second-order valence-electron chi connectivity index (χ2n) is 4.60. The molecule has 0 radical (unpaired) electrons. The molecule has 1 rings (SSSR count). The molecule has 1 N–H and O–H groups in total. The SMILES string of the molecule is CC1CCC(O)[N+](C)([O-])C1(C)C. The lowest BCUT2D eigenvalue weighted by atomic mass is 9.79. The van der Waals surface area contributed by atoms with Crippen molar-refractivity contribution >= 4 is 0 Å². The lowest BCUT2D eigenvalue weighted by Gasteiger charge is -2.59. The van der Waals surface area contributed by atoms with Gasteiger partial charge >= 0.3 is 0 Å². The van der Waals surface area contributed by atoms with Crippen LogP contribution in [0.3, 0.4) is 0 Å². The maximum atomic E-state index is 12.0. The van der Waals surface area contributed by atoms with Gasteiger partial charge in [-0.15, -0.1) is 0 Å². The standard InChI is InChI=1S/C9H19NO2/c1-7-5-6-8(11)10(4,12)9(7,2)3/h7-8,11H,5-6H2,1-4H3. The van der Waals surface area contributed by atoms with Crippen molar-refractivity contribution in [3.63, 3.8) is 0 Å². The first-order valence-electron chi connectivity index (χ1n) is 4.55. The number of likely N-dealkylation sites (tertiary alicyclic amines) is 1. The van der Waals surface area contributed by atoms with Crippen molar-refractivity contribution in [2.24, 2.45) is 5.92 Å². The highest BCUT2D eigenvalue weighted by molar-refractivity contribution is 4.82. The van der Waals surface area contributed by atoms with Crippen LogP contribution in [0.5, 0.6) is 0 Å². The van der Waals surface area contributed by atoms with Gasteiger partial charge in [0.25, 0.3) is 0 Å². The van der Waals surface area contributed by atoms with E-state index < -0.39 is 10.9 Å². The van der Waals surface area contributed by atoms with Crippen molar-refractivity contribution in [2.75, 3.05) is 7.05 Å². The Hall–Kier alpha value is -0.120. The molecule has 0 aliphatic carbocycles. The van der Waals surface area contributed by atoms with Crippen LogP contribution >= 0.6 is 0 Å². The van der Waals surface area contributed by atoms with Crippen LogP contribution in [0, 0.1) is 11.1 Å². The van der Waals surface area contributed by atoms with E-state index in [1.165, 1.54) is 0 Å². The first-order chi connectivity index (χ1) is 5.30. The number of hydrogen-bond donors (Lipinski definition) is 1. The molecule has 12 heavy (non-hydrogen) atoms. The van der Waals surface area contributed by atoms with E-state index in [2.05, 4.69) is 6.92 Å². The van der Waals surface area contributed by atoms with Crippen molar-refractivity contribution in [2.45, 2.75) is 45.4 Å². The predicted molar refractivity (Wildman–Crippen MR) is 48.0 cm³/mol. The molecule has 0 amide bonds. The normalized spacial score (nSPS) is 47.5. The summed E-state index contributed by atoms with van der Waals surface area (Å²) in [6.07, 6.45) is 0.839. The molecule has 3 nitrogen and oxygen atoms in total. The fourth-order valence-electron chi connectivity index (χ4n) is 1.82. The molecule has 1 saturated heterocycles. The number of piperidine rings is 1. The molecule has 1 heterocycles. The van der Waals surface area contributed by atoms with Crippen LogP contribution in [-0.2, 0) is 0 Å². The zero-order chi connectivity index (χ0) is 9.57. The van der Waals surface area contributed by atoms with Crippen LogP contribution in [0.25, 0.3) is 0 Å². The van der Waals surface area contributed by atoms with E-state index >= 15 is 0 Å². The highest BCUT2D eigenvalue weighted by Crippen LogP contribution is 2.39. The third kappa shape index (κ3) is 1.16. The third-order valence-corrected chi connectivity index (χ3v) is 3.78. The maximum Gasteiger partial charge on any atom is 0.190 e. The molecule has 0 spiro atoms. The van der Waals surface area contributed by atoms with Gasteiger partial charge < -0.3 is 15.0 Å². The average molecular weight is 173 g/mol. The summed E-state index contributed by atoms with van der Waals surface area (Å²) in [5, 5.41) is 21.6. The van der Waals surface area contributed by atoms with E-state index in [0.717, 1.165) is 6.42 Å². The molecule has 0 saturated carbocycles. The van der Waals surface area contributed by atoms with Gasteiger partial charge in [-0.05, 0) is 20.3 Å². The van der Waals surface area contributed by atoms with Gasteiger partial charge in [-0.1, -0.05) is 6.92 Å². The van der Waals surface area contributed by atoms with Gasteiger partial charge in [0.15, 0.2) is 6.23 Å². The van der Waals surface area contributed by atoms with Crippen molar-refractivity contribution in [3.8, 4) is 0 Å². The molecule has 0 aromatic rings. The molecule has 3 heteroatoms. The van der Waals surface area contributed by atoms with E-state index in [0.29, 0.717) is 12.3 Å². The Balaban J connectivity index is 2.92. The van der Waals surface area contributed by atoms with Crippen LogP contribution in [0.2, 0.25) is 0 Å². The lowest BCUT2D eigenvalue weighted by Crippen LogP contribution is -2.65. The predicted octanol–water partition coefficient (Wildman–Crippen LogP) is 1.46. The number of rotatable bonds is 0. The molecular formula is C9H19NO2. The number of aliphatic hydroxyl groups excluding tert-OH is 1. The first kappa shape index (κ1) is 9.96. The van der Waals surface area contributed by atoms with Crippen LogP contribution in [-0.4, -0.2) is 28.6 Å². The Morgan fingerprint density at radius 2 is 1.92 bits per heavy atom. The molecular weight excluding hydrogens is 154 g/mol. The molecule has 1 aliphatic rings. The molecule has 72 valence electrons. The van der Waals surface area contributed by atoms with Gasteiger partial charge in [0, 0.05) is 12.3 Å². The topological polar surface area (TPSA) is 43.3 Å². The van der Waals surface area contributed by atoms with Crippen LogP contribution in [0.4, 0.5) is 0 Å². The van der Waals surface area contributed by atoms with Gasteiger partial charge in [0.05, 0.1) is 12.6 Å². The van der Waals surface area contributed by atoms with E-state index in [-0.39, 0.29) is 5.54 Å². The first-order valence-corrected chi connectivity index (χ1v) is 4.55. The van der Waals surface area contributed by atoms with Crippen molar-refractivity contribution in [1.82, 2.24) is 0 Å². The van der Waals surface area contributed by atoms with E-state index in [9.17, 15) is 10.3 Å². The van der Waals surface area contributed by atoms with Crippen molar-refractivity contribution in [1.29, 1.82) is 0 Å². The van der Waals surface area contributed by atoms with Gasteiger partial charge in [0.2, 0.25) is 0 Å².